The lowest BCUT2D eigenvalue weighted by Gasteiger charge is -2.33. The normalized spacial score (nSPS) is 16.9. The van der Waals surface area contributed by atoms with Crippen molar-refractivity contribution in [1.29, 1.82) is 0 Å². The molecule has 1 aromatic rings. The molecule has 0 radical (unpaired) electrons. The van der Waals surface area contributed by atoms with Crippen LogP contribution in [0.4, 0.5) is 5.82 Å². The molecule has 1 aromatic heterocycles. The Morgan fingerprint density at radius 1 is 1.37 bits per heavy atom. The molecule has 3 nitrogen and oxygen atoms in total. The van der Waals surface area contributed by atoms with Gasteiger partial charge in [-0.05, 0) is 47.3 Å². The van der Waals surface area contributed by atoms with Crippen LogP contribution in [0.1, 0.15) is 38.7 Å². The van der Waals surface area contributed by atoms with Gasteiger partial charge < -0.3 is 10.2 Å². The first-order chi connectivity index (χ1) is 9.24. The van der Waals surface area contributed by atoms with Gasteiger partial charge in [0.05, 0.1) is 0 Å². The van der Waals surface area contributed by atoms with Gasteiger partial charge in [0.2, 0.25) is 0 Å². The molecule has 2 heterocycles. The van der Waals surface area contributed by atoms with Gasteiger partial charge >= 0.3 is 0 Å². The Kier molecular flexibility index (Phi) is 5.64. The van der Waals surface area contributed by atoms with Crippen LogP contribution in [0.3, 0.4) is 0 Å². The quantitative estimate of drug-likeness (QED) is 0.896. The van der Waals surface area contributed by atoms with E-state index in [1.165, 1.54) is 30.6 Å². The van der Waals surface area contributed by atoms with E-state index in [9.17, 15) is 0 Å². The third-order valence-corrected chi connectivity index (χ3v) is 4.40. The minimum Gasteiger partial charge on any atom is -0.356 e. The monoisotopic (exact) mass is 325 g/mol. The van der Waals surface area contributed by atoms with Crippen LogP contribution in [0.15, 0.2) is 16.7 Å². The molecule has 1 aliphatic heterocycles. The predicted octanol–water partition coefficient (Wildman–Crippen LogP) is 3.58. The number of rotatable bonds is 5. The van der Waals surface area contributed by atoms with Crippen molar-refractivity contribution in [2.24, 2.45) is 5.92 Å². The second kappa shape index (κ2) is 7.25. The van der Waals surface area contributed by atoms with Gasteiger partial charge in [-0.2, -0.15) is 0 Å². The molecule has 1 aliphatic rings. The van der Waals surface area contributed by atoms with Crippen LogP contribution < -0.4 is 10.2 Å². The molecule has 0 aromatic carbocycles. The highest BCUT2D eigenvalue weighted by atomic mass is 79.9. The number of anilines is 1. The fourth-order valence-electron chi connectivity index (χ4n) is 2.70. The minimum atomic E-state index is 0.895. The second-order valence-corrected chi connectivity index (χ2v) is 6.17. The SMILES string of the molecule is CCNCc1cc(Br)cnc1N1CCC(CC)CC1. The number of aromatic nitrogens is 1. The summed E-state index contributed by atoms with van der Waals surface area (Å²) in [6.07, 6.45) is 5.83. The van der Waals surface area contributed by atoms with E-state index in [1.807, 2.05) is 6.20 Å². The Hall–Kier alpha value is -0.610. The Labute approximate surface area is 124 Å². The van der Waals surface area contributed by atoms with Gasteiger partial charge in [0.25, 0.3) is 0 Å². The molecule has 0 aliphatic carbocycles. The Morgan fingerprint density at radius 2 is 2.11 bits per heavy atom. The number of nitrogens with zero attached hydrogens (tertiary/aromatic N) is 2. The molecule has 0 unspecified atom stereocenters. The number of nitrogens with one attached hydrogen (secondary N) is 1. The largest absolute Gasteiger partial charge is 0.356 e. The van der Waals surface area contributed by atoms with Crippen molar-refractivity contribution in [3.8, 4) is 0 Å². The van der Waals surface area contributed by atoms with Crippen molar-refractivity contribution in [2.45, 2.75) is 39.7 Å². The van der Waals surface area contributed by atoms with Crippen LogP contribution in [0, 0.1) is 5.92 Å². The van der Waals surface area contributed by atoms with Gasteiger partial charge in [-0.1, -0.05) is 20.3 Å². The van der Waals surface area contributed by atoms with E-state index in [1.54, 1.807) is 0 Å². The Balaban J connectivity index is 2.10. The summed E-state index contributed by atoms with van der Waals surface area (Å²) in [5, 5.41) is 3.40. The van der Waals surface area contributed by atoms with Crippen molar-refractivity contribution >= 4 is 21.7 Å². The molecule has 2 rings (SSSR count). The van der Waals surface area contributed by atoms with E-state index in [4.69, 9.17) is 0 Å². The lowest BCUT2D eigenvalue weighted by Crippen LogP contribution is -2.35. The maximum atomic E-state index is 4.64. The molecule has 19 heavy (non-hydrogen) atoms. The maximum Gasteiger partial charge on any atom is 0.133 e. The summed E-state index contributed by atoms with van der Waals surface area (Å²) < 4.78 is 1.06. The topological polar surface area (TPSA) is 28.2 Å². The molecule has 1 fully saturated rings. The summed E-state index contributed by atoms with van der Waals surface area (Å²) >= 11 is 3.52. The van der Waals surface area contributed by atoms with Gasteiger partial charge in [-0.25, -0.2) is 4.98 Å². The highest BCUT2D eigenvalue weighted by molar-refractivity contribution is 9.10. The minimum absolute atomic E-state index is 0.895. The third kappa shape index (κ3) is 3.93. The van der Waals surface area contributed by atoms with Gasteiger partial charge in [0.1, 0.15) is 5.82 Å². The number of hydrogen-bond donors (Lipinski definition) is 1. The summed E-state index contributed by atoms with van der Waals surface area (Å²) in [4.78, 5) is 7.09. The third-order valence-electron chi connectivity index (χ3n) is 3.97. The fraction of sp³-hybridized carbons (Fsp3) is 0.667. The van der Waals surface area contributed by atoms with E-state index in [2.05, 4.69) is 51.0 Å². The average molecular weight is 326 g/mol. The van der Waals surface area contributed by atoms with Crippen LogP contribution in [-0.4, -0.2) is 24.6 Å². The van der Waals surface area contributed by atoms with E-state index >= 15 is 0 Å². The van der Waals surface area contributed by atoms with Gasteiger partial charge in [0, 0.05) is 35.9 Å². The molecular formula is C15H24BrN3. The first-order valence-electron chi connectivity index (χ1n) is 7.34. The number of hydrogen-bond acceptors (Lipinski definition) is 3. The van der Waals surface area contributed by atoms with Gasteiger partial charge in [-0.3, -0.25) is 0 Å². The summed E-state index contributed by atoms with van der Waals surface area (Å²) in [7, 11) is 0. The molecule has 0 atom stereocenters. The maximum absolute atomic E-state index is 4.64. The number of piperidine rings is 1. The summed E-state index contributed by atoms with van der Waals surface area (Å²) in [5.74, 6) is 2.07. The van der Waals surface area contributed by atoms with E-state index in [-0.39, 0.29) is 0 Å². The van der Waals surface area contributed by atoms with Crippen molar-refractivity contribution in [2.75, 3.05) is 24.5 Å². The molecule has 0 saturated carbocycles. The number of pyridine rings is 1. The standard InChI is InChI=1S/C15H24BrN3/c1-3-12-5-7-19(8-6-12)15-13(10-17-4-2)9-14(16)11-18-15/h9,11-12,17H,3-8,10H2,1-2H3. The molecule has 4 heteroatoms. The summed E-state index contributed by atoms with van der Waals surface area (Å²) in [6, 6.07) is 2.19. The molecule has 106 valence electrons. The zero-order valence-corrected chi connectivity index (χ0v) is 13.5. The van der Waals surface area contributed by atoms with Crippen LogP contribution in [0.25, 0.3) is 0 Å². The highest BCUT2D eigenvalue weighted by Gasteiger charge is 2.20. The smallest absolute Gasteiger partial charge is 0.133 e. The average Bonchev–Trinajstić information content (AvgIpc) is 2.45. The lowest BCUT2D eigenvalue weighted by atomic mass is 9.94. The second-order valence-electron chi connectivity index (χ2n) is 5.26. The van der Waals surface area contributed by atoms with Gasteiger partial charge in [0.15, 0.2) is 0 Å². The lowest BCUT2D eigenvalue weighted by molar-refractivity contribution is 0.393. The van der Waals surface area contributed by atoms with Crippen molar-refractivity contribution in [3.63, 3.8) is 0 Å². The zero-order chi connectivity index (χ0) is 13.7. The van der Waals surface area contributed by atoms with Crippen molar-refractivity contribution < 1.29 is 0 Å². The molecule has 0 bridgehead atoms. The fourth-order valence-corrected chi connectivity index (χ4v) is 3.08. The highest BCUT2D eigenvalue weighted by Crippen LogP contribution is 2.27. The summed E-state index contributed by atoms with van der Waals surface area (Å²) in [6.45, 7) is 8.61. The van der Waals surface area contributed by atoms with Crippen LogP contribution in [0.5, 0.6) is 0 Å². The van der Waals surface area contributed by atoms with Crippen LogP contribution in [-0.2, 0) is 6.54 Å². The van der Waals surface area contributed by atoms with E-state index in [0.29, 0.717) is 0 Å². The molecule has 0 spiro atoms. The van der Waals surface area contributed by atoms with Crippen molar-refractivity contribution in [3.05, 3.63) is 22.3 Å². The zero-order valence-electron chi connectivity index (χ0n) is 12.0. The first kappa shape index (κ1) is 14.8. The van der Waals surface area contributed by atoms with Gasteiger partial charge in [-0.15, -0.1) is 0 Å². The summed E-state index contributed by atoms with van der Waals surface area (Å²) in [5.41, 5.74) is 1.30. The number of halogens is 1. The van der Waals surface area contributed by atoms with E-state index in [0.717, 1.165) is 36.6 Å². The van der Waals surface area contributed by atoms with Crippen LogP contribution >= 0.6 is 15.9 Å². The van der Waals surface area contributed by atoms with Crippen molar-refractivity contribution in [1.82, 2.24) is 10.3 Å². The Bertz CT molecular complexity index is 400. The molecule has 1 N–H and O–H groups in total. The molecule has 0 amide bonds. The van der Waals surface area contributed by atoms with E-state index < -0.39 is 0 Å². The van der Waals surface area contributed by atoms with Crippen LogP contribution in [0.2, 0.25) is 0 Å². The Morgan fingerprint density at radius 3 is 2.74 bits per heavy atom. The molecular weight excluding hydrogens is 302 g/mol. The molecule has 1 saturated heterocycles. The predicted molar refractivity (Wildman–Crippen MR) is 84.5 cm³/mol. The first-order valence-corrected chi connectivity index (χ1v) is 8.14.